The highest BCUT2D eigenvalue weighted by atomic mass is 32.1. The Kier molecular flexibility index (Phi) is 3.20. The Morgan fingerprint density at radius 2 is 2.29 bits per heavy atom. The first kappa shape index (κ1) is 12.6. The molecule has 0 aliphatic heterocycles. The van der Waals surface area contributed by atoms with Crippen molar-refractivity contribution in [2.75, 3.05) is 5.32 Å². The maximum Gasteiger partial charge on any atom is 0.112 e. The summed E-state index contributed by atoms with van der Waals surface area (Å²) in [5.41, 5.74) is 6.84. The van der Waals surface area contributed by atoms with Gasteiger partial charge in [-0.05, 0) is 47.2 Å². The van der Waals surface area contributed by atoms with E-state index in [1.165, 1.54) is 28.0 Å². The van der Waals surface area contributed by atoms with Crippen LogP contribution in [0.25, 0.3) is 5.57 Å². The molecule has 0 atom stereocenters. The van der Waals surface area contributed by atoms with E-state index < -0.39 is 0 Å². The molecule has 0 saturated carbocycles. The molecule has 0 fully saturated rings. The van der Waals surface area contributed by atoms with Gasteiger partial charge in [0.05, 0.1) is 6.54 Å². The third-order valence-corrected chi connectivity index (χ3v) is 4.73. The molecular formula is C18H16N2S. The molecule has 104 valence electrons. The molecule has 3 heteroatoms. The Hall–Kier alpha value is -2.13. The molecule has 1 aromatic carbocycles. The molecule has 1 heterocycles. The molecule has 0 amide bonds. The molecule has 21 heavy (non-hydrogen) atoms. The van der Waals surface area contributed by atoms with E-state index in [9.17, 15) is 0 Å². The quantitative estimate of drug-likeness (QED) is 0.895. The first-order valence-electron chi connectivity index (χ1n) is 7.22. The molecule has 2 nitrogen and oxygen atoms in total. The van der Waals surface area contributed by atoms with Crippen molar-refractivity contribution in [3.05, 3.63) is 75.8 Å². The summed E-state index contributed by atoms with van der Waals surface area (Å²) in [4.78, 5) is 4.30. The van der Waals surface area contributed by atoms with Gasteiger partial charge < -0.3 is 5.32 Å². The lowest BCUT2D eigenvalue weighted by molar-refractivity contribution is 1.10. The van der Waals surface area contributed by atoms with Crippen molar-refractivity contribution in [1.29, 1.82) is 0 Å². The SMILES string of the molecule is C1=CCC=C2Cc3cc(NCc4nccs4)ccc3C2=C1. The monoisotopic (exact) mass is 292 g/mol. The summed E-state index contributed by atoms with van der Waals surface area (Å²) in [7, 11) is 0. The van der Waals surface area contributed by atoms with Gasteiger partial charge in [0.15, 0.2) is 0 Å². The van der Waals surface area contributed by atoms with E-state index in [0.29, 0.717) is 0 Å². The predicted octanol–water partition coefficient (Wildman–Crippen LogP) is 4.58. The van der Waals surface area contributed by atoms with Crippen molar-refractivity contribution >= 4 is 22.6 Å². The Labute approximate surface area is 128 Å². The smallest absolute Gasteiger partial charge is 0.112 e. The fourth-order valence-electron chi connectivity index (χ4n) is 2.94. The molecule has 1 aromatic heterocycles. The number of benzene rings is 1. The Morgan fingerprint density at radius 1 is 1.29 bits per heavy atom. The van der Waals surface area contributed by atoms with E-state index in [1.54, 1.807) is 11.3 Å². The van der Waals surface area contributed by atoms with E-state index in [2.05, 4.69) is 52.8 Å². The van der Waals surface area contributed by atoms with E-state index >= 15 is 0 Å². The molecule has 0 saturated heterocycles. The van der Waals surface area contributed by atoms with Crippen LogP contribution in [-0.4, -0.2) is 4.98 Å². The minimum Gasteiger partial charge on any atom is -0.379 e. The predicted molar refractivity (Wildman–Crippen MR) is 89.4 cm³/mol. The van der Waals surface area contributed by atoms with Gasteiger partial charge in [-0.2, -0.15) is 0 Å². The number of nitrogens with one attached hydrogen (secondary N) is 1. The van der Waals surface area contributed by atoms with Crippen molar-refractivity contribution in [3.63, 3.8) is 0 Å². The molecule has 2 aliphatic carbocycles. The lowest BCUT2D eigenvalue weighted by Gasteiger charge is -2.07. The Morgan fingerprint density at radius 3 is 3.19 bits per heavy atom. The third kappa shape index (κ3) is 2.45. The van der Waals surface area contributed by atoms with Crippen LogP contribution in [-0.2, 0) is 13.0 Å². The summed E-state index contributed by atoms with van der Waals surface area (Å²) in [5.74, 6) is 0. The zero-order chi connectivity index (χ0) is 14.1. The van der Waals surface area contributed by atoms with Gasteiger partial charge in [-0.3, -0.25) is 0 Å². The fraction of sp³-hybridized carbons (Fsp3) is 0.167. The second kappa shape index (κ2) is 5.34. The van der Waals surface area contributed by atoms with Crippen LogP contribution in [0.5, 0.6) is 0 Å². The van der Waals surface area contributed by atoms with Gasteiger partial charge in [0.2, 0.25) is 0 Å². The minimum atomic E-state index is 0.796. The normalized spacial score (nSPS) is 15.8. The average Bonchev–Trinajstić information content (AvgIpc) is 3.07. The number of aromatic nitrogens is 1. The molecule has 2 aliphatic rings. The first-order valence-corrected chi connectivity index (χ1v) is 8.10. The van der Waals surface area contributed by atoms with Gasteiger partial charge in [-0.25, -0.2) is 4.98 Å². The summed E-state index contributed by atoms with van der Waals surface area (Å²) in [6.07, 6.45) is 12.9. The molecular weight excluding hydrogens is 276 g/mol. The van der Waals surface area contributed by atoms with E-state index in [1.807, 2.05) is 11.6 Å². The average molecular weight is 292 g/mol. The van der Waals surface area contributed by atoms with Crippen LogP contribution < -0.4 is 5.32 Å². The second-order valence-corrected chi connectivity index (χ2v) is 6.28. The zero-order valence-corrected chi connectivity index (χ0v) is 12.5. The Bertz CT molecular complexity index is 752. The van der Waals surface area contributed by atoms with Gasteiger partial charge in [0.25, 0.3) is 0 Å². The lowest BCUT2D eigenvalue weighted by atomic mass is 10.0. The maximum atomic E-state index is 4.30. The number of rotatable bonds is 3. The number of hydrogen-bond donors (Lipinski definition) is 1. The number of hydrogen-bond acceptors (Lipinski definition) is 3. The van der Waals surface area contributed by atoms with Crippen molar-refractivity contribution < 1.29 is 0 Å². The first-order chi connectivity index (χ1) is 10.4. The van der Waals surface area contributed by atoms with Crippen LogP contribution >= 0.6 is 11.3 Å². The summed E-state index contributed by atoms with van der Waals surface area (Å²) < 4.78 is 0. The van der Waals surface area contributed by atoms with Crippen LogP contribution in [0.2, 0.25) is 0 Å². The zero-order valence-electron chi connectivity index (χ0n) is 11.7. The minimum absolute atomic E-state index is 0.796. The molecule has 1 N–H and O–H groups in total. The summed E-state index contributed by atoms with van der Waals surface area (Å²) in [6.45, 7) is 0.796. The topological polar surface area (TPSA) is 24.9 Å². The molecule has 2 aromatic rings. The number of fused-ring (bicyclic) bond motifs is 3. The summed E-state index contributed by atoms with van der Waals surface area (Å²) in [6, 6.07) is 6.69. The molecule has 0 bridgehead atoms. The van der Waals surface area contributed by atoms with Crippen LogP contribution in [0.1, 0.15) is 22.6 Å². The van der Waals surface area contributed by atoms with Gasteiger partial charge in [0.1, 0.15) is 5.01 Å². The van der Waals surface area contributed by atoms with Gasteiger partial charge in [0, 0.05) is 17.3 Å². The second-order valence-electron chi connectivity index (χ2n) is 5.30. The molecule has 0 radical (unpaired) electrons. The molecule has 0 spiro atoms. The van der Waals surface area contributed by atoms with Crippen molar-refractivity contribution in [2.45, 2.75) is 19.4 Å². The van der Waals surface area contributed by atoms with Gasteiger partial charge >= 0.3 is 0 Å². The largest absolute Gasteiger partial charge is 0.379 e. The van der Waals surface area contributed by atoms with Gasteiger partial charge in [-0.15, -0.1) is 11.3 Å². The number of nitrogens with zero attached hydrogens (tertiary/aromatic N) is 1. The van der Waals surface area contributed by atoms with Crippen molar-refractivity contribution in [1.82, 2.24) is 4.98 Å². The highest BCUT2D eigenvalue weighted by molar-refractivity contribution is 7.09. The van der Waals surface area contributed by atoms with Crippen LogP contribution in [0, 0.1) is 0 Å². The standard InChI is InChI=1S/C18H16N2S/c1-2-4-13-10-14-11-15(20-12-18-19-8-9-21-18)6-7-17(14)16(13)5-3-1/h1,3-9,11,20H,2,10,12H2. The van der Waals surface area contributed by atoms with E-state index in [4.69, 9.17) is 0 Å². The third-order valence-electron chi connectivity index (χ3n) is 3.95. The number of anilines is 1. The van der Waals surface area contributed by atoms with Crippen molar-refractivity contribution in [2.24, 2.45) is 0 Å². The van der Waals surface area contributed by atoms with Gasteiger partial charge in [-0.1, -0.05) is 30.4 Å². The van der Waals surface area contributed by atoms with Crippen molar-refractivity contribution in [3.8, 4) is 0 Å². The number of thiazole rings is 1. The fourth-order valence-corrected chi connectivity index (χ4v) is 3.49. The highest BCUT2D eigenvalue weighted by Gasteiger charge is 2.21. The maximum absolute atomic E-state index is 4.30. The summed E-state index contributed by atoms with van der Waals surface area (Å²) in [5, 5.41) is 6.60. The van der Waals surface area contributed by atoms with Crippen LogP contribution in [0.15, 0.2) is 59.7 Å². The lowest BCUT2D eigenvalue weighted by Crippen LogP contribution is -1.99. The van der Waals surface area contributed by atoms with E-state index in [-0.39, 0.29) is 0 Å². The molecule has 4 rings (SSSR count). The summed E-state index contributed by atoms with van der Waals surface area (Å²) >= 11 is 1.69. The highest BCUT2D eigenvalue weighted by Crippen LogP contribution is 2.39. The Balaban J connectivity index is 1.59. The van der Waals surface area contributed by atoms with Crippen LogP contribution in [0.4, 0.5) is 5.69 Å². The van der Waals surface area contributed by atoms with E-state index in [0.717, 1.165) is 24.4 Å². The number of allylic oxidation sites excluding steroid dienone is 6. The van der Waals surface area contributed by atoms with Crippen LogP contribution in [0.3, 0.4) is 0 Å². The molecule has 0 unspecified atom stereocenters.